The van der Waals surface area contributed by atoms with Crippen molar-refractivity contribution in [2.75, 3.05) is 31.3 Å². The summed E-state index contributed by atoms with van der Waals surface area (Å²) >= 11 is 7.69. The molecule has 1 aliphatic rings. The van der Waals surface area contributed by atoms with Crippen LogP contribution in [0.2, 0.25) is 5.02 Å². The minimum atomic E-state index is 0. The van der Waals surface area contributed by atoms with Crippen LogP contribution >= 0.6 is 39.9 Å². The Morgan fingerprint density at radius 1 is 0.962 bits per heavy atom. The first-order valence-electron chi connectivity index (χ1n) is 8.20. The zero-order valence-electron chi connectivity index (χ0n) is 14.0. The Kier molecular flexibility index (Phi) is 6.53. The van der Waals surface area contributed by atoms with E-state index < -0.39 is 0 Å². The van der Waals surface area contributed by atoms with Crippen molar-refractivity contribution in [3.05, 3.63) is 69.8 Å². The van der Waals surface area contributed by atoms with Crippen molar-refractivity contribution in [3.8, 4) is 11.3 Å². The molecule has 0 aliphatic carbocycles. The van der Waals surface area contributed by atoms with E-state index in [2.05, 4.69) is 15.1 Å². The van der Waals surface area contributed by atoms with Crippen LogP contribution in [0.25, 0.3) is 11.3 Å². The SMILES string of the molecule is Br.Clc1ccc(-c2csc(=Nc3ccccc3)n2N2CCOCC2)cc1. The quantitative estimate of drug-likeness (QED) is 0.579. The standard InChI is InChI=1S/C19H18ClN3OS.BrH/c20-16-8-6-15(7-9-16)18-14-25-19(21-17-4-2-1-3-5-17)23(18)22-10-12-24-13-11-22;/h1-9,14H,10-13H2;1H. The maximum Gasteiger partial charge on any atom is 0.209 e. The molecule has 4 rings (SSSR count). The third-order valence-electron chi connectivity index (χ3n) is 4.08. The highest BCUT2D eigenvalue weighted by atomic mass is 79.9. The molecule has 0 spiro atoms. The number of rotatable bonds is 3. The topological polar surface area (TPSA) is 29.8 Å². The summed E-state index contributed by atoms with van der Waals surface area (Å²) in [7, 11) is 0. The Morgan fingerprint density at radius 3 is 2.35 bits per heavy atom. The second-order valence-corrected chi connectivity index (χ2v) is 7.01. The first kappa shape index (κ1) is 19.2. The zero-order valence-corrected chi connectivity index (χ0v) is 17.3. The van der Waals surface area contributed by atoms with E-state index >= 15 is 0 Å². The van der Waals surface area contributed by atoms with Crippen molar-refractivity contribution < 1.29 is 4.74 Å². The highest BCUT2D eigenvalue weighted by molar-refractivity contribution is 8.93. The molecule has 7 heteroatoms. The van der Waals surface area contributed by atoms with Crippen LogP contribution in [0.1, 0.15) is 0 Å². The molecule has 0 amide bonds. The number of ether oxygens (including phenoxy) is 1. The van der Waals surface area contributed by atoms with Gasteiger partial charge in [-0.3, -0.25) is 0 Å². The van der Waals surface area contributed by atoms with Gasteiger partial charge in [0.25, 0.3) is 0 Å². The van der Waals surface area contributed by atoms with Gasteiger partial charge in [0.1, 0.15) is 0 Å². The van der Waals surface area contributed by atoms with Crippen LogP contribution < -0.4 is 9.81 Å². The molecular formula is C19H19BrClN3OS. The number of morpholine rings is 1. The summed E-state index contributed by atoms with van der Waals surface area (Å²) in [5.74, 6) is 0. The lowest BCUT2D eigenvalue weighted by atomic mass is 10.2. The van der Waals surface area contributed by atoms with Gasteiger partial charge in [-0.2, -0.15) is 0 Å². The number of halogens is 2. The predicted molar refractivity (Wildman–Crippen MR) is 114 cm³/mol. The van der Waals surface area contributed by atoms with Crippen molar-refractivity contribution in [1.29, 1.82) is 0 Å². The Balaban J connectivity index is 0.00000196. The van der Waals surface area contributed by atoms with Gasteiger partial charge in [0, 0.05) is 16.0 Å². The van der Waals surface area contributed by atoms with Crippen molar-refractivity contribution in [3.63, 3.8) is 0 Å². The molecule has 0 saturated carbocycles. The van der Waals surface area contributed by atoms with Gasteiger partial charge in [-0.25, -0.2) is 9.67 Å². The van der Waals surface area contributed by atoms with E-state index in [0.29, 0.717) is 0 Å². The summed E-state index contributed by atoms with van der Waals surface area (Å²) in [4.78, 5) is 5.81. The number of hydrogen-bond acceptors (Lipinski definition) is 4. The Bertz CT molecular complexity index is 903. The minimum absolute atomic E-state index is 0. The van der Waals surface area contributed by atoms with Crippen LogP contribution in [0.3, 0.4) is 0 Å². The average molecular weight is 453 g/mol. The van der Waals surface area contributed by atoms with Gasteiger partial charge in [0.05, 0.1) is 37.7 Å². The number of nitrogens with zero attached hydrogens (tertiary/aromatic N) is 3. The van der Waals surface area contributed by atoms with Crippen LogP contribution in [0.15, 0.2) is 65.0 Å². The van der Waals surface area contributed by atoms with Crippen molar-refractivity contribution in [1.82, 2.24) is 4.68 Å². The van der Waals surface area contributed by atoms with Crippen molar-refractivity contribution in [2.45, 2.75) is 0 Å². The molecule has 136 valence electrons. The average Bonchev–Trinajstić information content (AvgIpc) is 3.07. The lowest BCUT2D eigenvalue weighted by molar-refractivity contribution is 0.111. The van der Waals surface area contributed by atoms with E-state index in [1.807, 2.05) is 54.6 Å². The number of thiazole rings is 1. The van der Waals surface area contributed by atoms with Gasteiger partial charge < -0.3 is 9.75 Å². The fourth-order valence-electron chi connectivity index (χ4n) is 2.84. The summed E-state index contributed by atoms with van der Waals surface area (Å²) in [5, 5.41) is 5.19. The molecule has 0 bridgehead atoms. The van der Waals surface area contributed by atoms with Crippen LogP contribution in [0.5, 0.6) is 0 Å². The third-order valence-corrected chi connectivity index (χ3v) is 5.14. The Labute approximate surface area is 172 Å². The van der Waals surface area contributed by atoms with Crippen molar-refractivity contribution >= 4 is 45.6 Å². The highest BCUT2D eigenvalue weighted by Crippen LogP contribution is 2.23. The Hall–Kier alpha value is -1.60. The molecule has 1 fully saturated rings. The fraction of sp³-hybridized carbons (Fsp3) is 0.211. The van der Waals surface area contributed by atoms with Crippen LogP contribution in [0.4, 0.5) is 5.69 Å². The molecular weight excluding hydrogens is 434 g/mol. The number of benzene rings is 2. The second kappa shape index (κ2) is 8.86. The van der Waals surface area contributed by atoms with Gasteiger partial charge in [-0.05, 0) is 24.3 Å². The maximum absolute atomic E-state index is 6.05. The van der Waals surface area contributed by atoms with Crippen LogP contribution in [-0.4, -0.2) is 31.0 Å². The molecule has 4 nitrogen and oxygen atoms in total. The van der Waals surface area contributed by atoms with Gasteiger partial charge >= 0.3 is 0 Å². The van der Waals surface area contributed by atoms with Gasteiger partial charge in [-0.1, -0.05) is 41.9 Å². The summed E-state index contributed by atoms with van der Waals surface area (Å²) in [6, 6.07) is 18.0. The molecule has 1 aromatic heterocycles. The first-order valence-corrected chi connectivity index (χ1v) is 9.46. The maximum atomic E-state index is 6.05. The van der Waals surface area contributed by atoms with Gasteiger partial charge in [0.2, 0.25) is 4.80 Å². The molecule has 0 unspecified atom stereocenters. The lowest BCUT2D eigenvalue weighted by Crippen LogP contribution is -2.48. The normalized spacial score (nSPS) is 15.0. The molecule has 0 atom stereocenters. The van der Waals surface area contributed by atoms with Crippen molar-refractivity contribution in [2.24, 2.45) is 4.99 Å². The lowest BCUT2D eigenvalue weighted by Gasteiger charge is -2.31. The van der Waals surface area contributed by atoms with E-state index in [4.69, 9.17) is 21.3 Å². The zero-order chi connectivity index (χ0) is 17.1. The molecule has 0 radical (unpaired) electrons. The molecule has 1 saturated heterocycles. The number of aromatic nitrogens is 1. The molecule has 2 aromatic carbocycles. The van der Waals surface area contributed by atoms with E-state index in [-0.39, 0.29) is 17.0 Å². The molecule has 26 heavy (non-hydrogen) atoms. The smallest absolute Gasteiger partial charge is 0.209 e. The molecule has 0 N–H and O–H groups in total. The second-order valence-electron chi connectivity index (χ2n) is 5.74. The van der Waals surface area contributed by atoms with E-state index in [1.54, 1.807) is 11.3 Å². The van der Waals surface area contributed by atoms with Crippen LogP contribution in [-0.2, 0) is 4.74 Å². The molecule has 3 aromatic rings. The number of hydrogen-bond donors (Lipinski definition) is 0. The number of para-hydroxylation sites is 1. The summed E-state index contributed by atoms with van der Waals surface area (Å²) in [6.45, 7) is 3.15. The highest BCUT2D eigenvalue weighted by Gasteiger charge is 2.17. The molecule has 2 heterocycles. The monoisotopic (exact) mass is 451 g/mol. The van der Waals surface area contributed by atoms with Gasteiger partial charge in [-0.15, -0.1) is 28.3 Å². The largest absolute Gasteiger partial charge is 0.378 e. The van der Waals surface area contributed by atoms with E-state index in [0.717, 1.165) is 53.1 Å². The first-order chi connectivity index (χ1) is 12.3. The predicted octanol–water partition coefficient (Wildman–Crippen LogP) is 4.65. The molecule has 1 aliphatic heterocycles. The fourth-order valence-corrected chi connectivity index (χ4v) is 3.89. The van der Waals surface area contributed by atoms with Crippen LogP contribution in [0, 0.1) is 0 Å². The van der Waals surface area contributed by atoms with E-state index in [9.17, 15) is 0 Å². The summed E-state index contributed by atoms with van der Waals surface area (Å²) in [6.07, 6.45) is 0. The van der Waals surface area contributed by atoms with Gasteiger partial charge in [0.15, 0.2) is 0 Å². The van der Waals surface area contributed by atoms with E-state index in [1.165, 1.54) is 0 Å². The Morgan fingerprint density at radius 2 is 1.65 bits per heavy atom. The minimum Gasteiger partial charge on any atom is -0.378 e. The summed E-state index contributed by atoms with van der Waals surface area (Å²) in [5.41, 5.74) is 3.20. The third kappa shape index (κ3) is 4.20. The summed E-state index contributed by atoms with van der Waals surface area (Å²) < 4.78 is 7.73.